The zero-order valence-electron chi connectivity index (χ0n) is 15.8. The Balaban J connectivity index is 1.78. The number of aliphatic hydroxyl groups excluding tert-OH is 2. The Morgan fingerprint density at radius 1 is 1.30 bits per heavy atom. The lowest BCUT2D eigenvalue weighted by Crippen LogP contribution is -2.31. The summed E-state index contributed by atoms with van der Waals surface area (Å²) >= 11 is 11.2. The van der Waals surface area contributed by atoms with Crippen LogP contribution in [-0.4, -0.2) is 34.2 Å². The highest BCUT2D eigenvalue weighted by atomic mass is 35.5. The Morgan fingerprint density at radius 2 is 2.07 bits per heavy atom. The molecule has 4 unspecified atom stereocenters. The molecule has 0 amide bonds. The summed E-state index contributed by atoms with van der Waals surface area (Å²) in [6.45, 7) is 2.99. The molecule has 1 fully saturated rings. The lowest BCUT2D eigenvalue weighted by Gasteiger charge is -2.23. The van der Waals surface area contributed by atoms with Crippen molar-refractivity contribution in [3.8, 4) is 0 Å². The minimum atomic E-state index is -0.565. The highest BCUT2D eigenvalue weighted by molar-refractivity contribution is 7.80. The normalized spacial score (nSPS) is 25.0. The average molecular weight is 412 g/mol. The molecule has 4 nitrogen and oxygen atoms in total. The van der Waals surface area contributed by atoms with Gasteiger partial charge in [0.2, 0.25) is 0 Å². The quantitative estimate of drug-likeness (QED) is 0.322. The molecular formula is C21H30ClNO3S. The summed E-state index contributed by atoms with van der Waals surface area (Å²) in [7, 11) is 0. The van der Waals surface area contributed by atoms with Crippen LogP contribution in [0.3, 0.4) is 0 Å². The smallest absolute Gasteiger partial charge is 0.256 e. The van der Waals surface area contributed by atoms with Gasteiger partial charge in [0.05, 0.1) is 18.8 Å². The molecule has 6 heteroatoms. The molecule has 0 spiro atoms. The third-order valence-electron chi connectivity index (χ3n) is 5.05. The Morgan fingerprint density at radius 3 is 2.81 bits per heavy atom. The van der Waals surface area contributed by atoms with E-state index in [-0.39, 0.29) is 11.8 Å². The Bertz CT molecular complexity index is 625. The summed E-state index contributed by atoms with van der Waals surface area (Å²) in [4.78, 5) is 0. The number of thiocarbonyl (C=S) groups is 1. The summed E-state index contributed by atoms with van der Waals surface area (Å²) in [5.74, 6) is -0.129. The first-order valence-electron chi connectivity index (χ1n) is 9.67. The van der Waals surface area contributed by atoms with E-state index in [4.69, 9.17) is 28.6 Å². The molecule has 0 heterocycles. The lowest BCUT2D eigenvalue weighted by molar-refractivity contribution is 0.0719. The van der Waals surface area contributed by atoms with Crippen molar-refractivity contribution in [2.24, 2.45) is 11.8 Å². The predicted molar refractivity (Wildman–Crippen MR) is 114 cm³/mol. The van der Waals surface area contributed by atoms with E-state index >= 15 is 0 Å². The van der Waals surface area contributed by atoms with Crippen LogP contribution in [0.25, 0.3) is 0 Å². The zero-order valence-corrected chi connectivity index (χ0v) is 17.4. The molecule has 4 atom stereocenters. The van der Waals surface area contributed by atoms with Gasteiger partial charge in [0.15, 0.2) is 0 Å². The summed E-state index contributed by atoms with van der Waals surface area (Å²) in [6, 6.07) is 7.54. The molecule has 1 aliphatic rings. The van der Waals surface area contributed by atoms with Crippen LogP contribution in [0.5, 0.6) is 0 Å². The van der Waals surface area contributed by atoms with E-state index in [9.17, 15) is 10.2 Å². The molecule has 1 aromatic rings. The number of rotatable bonds is 9. The minimum absolute atomic E-state index is 0.00592. The van der Waals surface area contributed by atoms with Crippen molar-refractivity contribution in [3.63, 3.8) is 0 Å². The standard InChI is InChI=1S/C21H30ClNO3S/c1-2-3-4-5-6-10-17-18(20(25)12-19(17)24)14-26-21(27)23-13-15-8-7-9-16(22)11-15/h5-9,11,17-20,24-25H,2-4,10,12-14H2,1H3,(H,23,27)/b6-5+. The number of allylic oxidation sites excluding steroid dienone is 2. The third kappa shape index (κ3) is 7.41. The Hall–Kier alpha value is -1.14. The van der Waals surface area contributed by atoms with Gasteiger partial charge < -0.3 is 20.3 Å². The molecule has 150 valence electrons. The van der Waals surface area contributed by atoms with Crippen LogP contribution in [0.4, 0.5) is 0 Å². The van der Waals surface area contributed by atoms with Gasteiger partial charge in [-0.1, -0.05) is 55.7 Å². The van der Waals surface area contributed by atoms with E-state index in [0.29, 0.717) is 29.8 Å². The number of hydrogen-bond acceptors (Lipinski definition) is 4. The van der Waals surface area contributed by atoms with E-state index < -0.39 is 12.2 Å². The van der Waals surface area contributed by atoms with Crippen molar-refractivity contribution >= 4 is 29.0 Å². The largest absolute Gasteiger partial charge is 0.471 e. The molecule has 1 saturated carbocycles. The van der Waals surface area contributed by atoms with Gasteiger partial charge in [0.1, 0.15) is 0 Å². The van der Waals surface area contributed by atoms with Gasteiger partial charge >= 0.3 is 0 Å². The molecule has 1 aromatic carbocycles. The van der Waals surface area contributed by atoms with Gasteiger partial charge in [0, 0.05) is 17.5 Å². The Labute approximate surface area is 172 Å². The van der Waals surface area contributed by atoms with E-state index in [1.165, 1.54) is 12.8 Å². The van der Waals surface area contributed by atoms with Crippen molar-refractivity contribution < 1.29 is 14.9 Å². The second-order valence-corrected chi connectivity index (χ2v) is 7.94. The van der Waals surface area contributed by atoms with Crippen LogP contribution in [0.2, 0.25) is 5.02 Å². The number of aliphatic hydroxyl groups is 2. The van der Waals surface area contributed by atoms with Crippen molar-refractivity contribution in [2.75, 3.05) is 6.61 Å². The van der Waals surface area contributed by atoms with Gasteiger partial charge in [-0.15, -0.1) is 0 Å². The summed E-state index contributed by atoms with van der Waals surface area (Å²) in [6.07, 6.45) is 7.75. The third-order valence-corrected chi connectivity index (χ3v) is 5.55. The van der Waals surface area contributed by atoms with Gasteiger partial charge in [-0.05, 0) is 55.1 Å². The van der Waals surface area contributed by atoms with E-state index in [2.05, 4.69) is 24.4 Å². The molecule has 0 bridgehead atoms. The molecule has 0 saturated heterocycles. The van der Waals surface area contributed by atoms with E-state index in [1.807, 2.05) is 24.3 Å². The molecule has 0 aliphatic heterocycles. The Kier molecular flexibility index (Phi) is 9.56. The topological polar surface area (TPSA) is 61.7 Å². The second-order valence-electron chi connectivity index (χ2n) is 7.13. The average Bonchev–Trinajstić information content (AvgIpc) is 2.91. The summed E-state index contributed by atoms with van der Waals surface area (Å²) in [5.41, 5.74) is 1.01. The summed E-state index contributed by atoms with van der Waals surface area (Å²) < 4.78 is 5.66. The van der Waals surface area contributed by atoms with Gasteiger partial charge in [0.25, 0.3) is 5.17 Å². The van der Waals surface area contributed by atoms with Crippen LogP contribution in [0.1, 0.15) is 44.6 Å². The van der Waals surface area contributed by atoms with Crippen molar-refractivity contribution in [1.29, 1.82) is 0 Å². The fourth-order valence-electron chi connectivity index (χ4n) is 3.47. The fourth-order valence-corrected chi connectivity index (χ4v) is 3.82. The first kappa shape index (κ1) is 22.2. The molecule has 0 radical (unpaired) electrons. The number of hydrogen-bond donors (Lipinski definition) is 3. The van der Waals surface area contributed by atoms with Gasteiger partial charge in [-0.2, -0.15) is 0 Å². The molecule has 3 N–H and O–H groups in total. The van der Waals surface area contributed by atoms with Crippen LogP contribution in [0, 0.1) is 11.8 Å². The molecule has 2 rings (SSSR count). The van der Waals surface area contributed by atoms with Crippen molar-refractivity contribution in [1.82, 2.24) is 5.32 Å². The molecule has 27 heavy (non-hydrogen) atoms. The van der Waals surface area contributed by atoms with Crippen LogP contribution in [-0.2, 0) is 11.3 Å². The highest BCUT2D eigenvalue weighted by Gasteiger charge is 2.41. The summed E-state index contributed by atoms with van der Waals surface area (Å²) in [5, 5.41) is 24.6. The zero-order chi connectivity index (χ0) is 19.6. The lowest BCUT2D eigenvalue weighted by atomic mass is 9.91. The number of benzene rings is 1. The number of halogens is 1. The van der Waals surface area contributed by atoms with Crippen molar-refractivity contribution in [2.45, 2.75) is 57.8 Å². The molecule has 1 aliphatic carbocycles. The first-order valence-corrected chi connectivity index (χ1v) is 10.5. The van der Waals surface area contributed by atoms with Crippen LogP contribution >= 0.6 is 23.8 Å². The SMILES string of the molecule is CCCC/C=C/CC1C(O)CC(O)C1COC(=S)NCc1cccc(Cl)c1. The van der Waals surface area contributed by atoms with Crippen LogP contribution < -0.4 is 5.32 Å². The number of nitrogens with one attached hydrogen (secondary N) is 1. The van der Waals surface area contributed by atoms with Crippen molar-refractivity contribution in [3.05, 3.63) is 47.0 Å². The first-order chi connectivity index (χ1) is 13.0. The maximum atomic E-state index is 10.3. The monoisotopic (exact) mass is 411 g/mol. The maximum Gasteiger partial charge on any atom is 0.256 e. The predicted octanol–water partition coefficient (Wildman–Crippen LogP) is 4.23. The van der Waals surface area contributed by atoms with E-state index in [0.717, 1.165) is 18.4 Å². The molecular weight excluding hydrogens is 382 g/mol. The number of ether oxygens (including phenoxy) is 1. The number of unbranched alkanes of at least 4 members (excludes halogenated alkanes) is 2. The van der Waals surface area contributed by atoms with Gasteiger partial charge in [-0.3, -0.25) is 0 Å². The molecule has 0 aromatic heterocycles. The highest BCUT2D eigenvalue weighted by Crippen LogP contribution is 2.35. The second kappa shape index (κ2) is 11.6. The van der Waals surface area contributed by atoms with E-state index in [1.54, 1.807) is 0 Å². The van der Waals surface area contributed by atoms with Gasteiger partial charge in [-0.25, -0.2) is 0 Å². The van der Waals surface area contributed by atoms with Crippen LogP contribution in [0.15, 0.2) is 36.4 Å². The fraction of sp³-hybridized carbons (Fsp3) is 0.571. The maximum absolute atomic E-state index is 10.3. The minimum Gasteiger partial charge on any atom is -0.471 e.